The number of amides is 2. The summed E-state index contributed by atoms with van der Waals surface area (Å²) in [6.07, 6.45) is -0.693. The van der Waals surface area contributed by atoms with E-state index in [-0.39, 0.29) is 12.6 Å². The zero-order chi connectivity index (χ0) is 16.1. The summed E-state index contributed by atoms with van der Waals surface area (Å²) < 4.78 is 0. The number of carbonyl (C=O) groups is 1. The fourth-order valence-corrected chi connectivity index (χ4v) is 4.49. The van der Waals surface area contributed by atoms with E-state index >= 15 is 0 Å². The second-order valence-corrected chi connectivity index (χ2v) is 7.93. The first-order valence-electron chi connectivity index (χ1n) is 7.08. The second kappa shape index (κ2) is 7.74. The van der Waals surface area contributed by atoms with Crippen LogP contribution in [0.4, 0.5) is 4.79 Å². The maximum absolute atomic E-state index is 11.7. The van der Waals surface area contributed by atoms with Crippen LogP contribution in [-0.4, -0.2) is 17.7 Å². The highest BCUT2D eigenvalue weighted by Gasteiger charge is 2.13. The summed E-state index contributed by atoms with van der Waals surface area (Å²) in [4.78, 5) is 16.0. The van der Waals surface area contributed by atoms with Gasteiger partial charge in [-0.1, -0.05) is 12.1 Å². The van der Waals surface area contributed by atoms with Crippen LogP contribution in [-0.2, 0) is 6.54 Å². The summed E-state index contributed by atoms with van der Waals surface area (Å²) in [6.45, 7) is 0.696. The Labute approximate surface area is 146 Å². The first-order chi connectivity index (χ1) is 11.2. The van der Waals surface area contributed by atoms with Crippen molar-refractivity contribution in [2.45, 2.75) is 12.6 Å². The number of urea groups is 1. The summed E-state index contributed by atoms with van der Waals surface area (Å²) in [7, 11) is 0. The van der Waals surface area contributed by atoms with Crippen molar-refractivity contribution in [1.82, 2.24) is 10.6 Å². The van der Waals surface area contributed by atoms with Gasteiger partial charge in [0.05, 0.1) is 13.1 Å². The molecule has 3 aromatic rings. The van der Waals surface area contributed by atoms with Gasteiger partial charge in [0, 0.05) is 19.5 Å². The van der Waals surface area contributed by atoms with Crippen molar-refractivity contribution >= 4 is 40.0 Å². The minimum Gasteiger partial charge on any atom is -0.386 e. The topological polar surface area (TPSA) is 61.4 Å². The molecule has 3 heterocycles. The molecule has 0 unspecified atom stereocenters. The molecule has 0 aliphatic rings. The molecule has 23 heavy (non-hydrogen) atoms. The number of carbonyl (C=O) groups excluding carboxylic acids is 1. The van der Waals surface area contributed by atoms with Gasteiger partial charge in [0.1, 0.15) is 6.10 Å². The molecule has 3 N–H and O–H groups in total. The molecule has 0 aromatic carbocycles. The van der Waals surface area contributed by atoms with Crippen LogP contribution in [0.5, 0.6) is 0 Å². The van der Waals surface area contributed by atoms with Gasteiger partial charge < -0.3 is 15.7 Å². The molecule has 0 aliphatic carbocycles. The van der Waals surface area contributed by atoms with Gasteiger partial charge in [0.2, 0.25) is 0 Å². The summed E-state index contributed by atoms with van der Waals surface area (Å²) in [6, 6.07) is 11.6. The van der Waals surface area contributed by atoms with Gasteiger partial charge in [0.15, 0.2) is 0 Å². The van der Waals surface area contributed by atoms with E-state index in [1.807, 2.05) is 41.1 Å². The number of aliphatic hydroxyl groups excluding tert-OH is 1. The highest BCUT2D eigenvalue weighted by molar-refractivity contribution is 7.21. The average Bonchev–Trinajstić information content (AvgIpc) is 3.31. The Bertz CT molecular complexity index is 735. The predicted octanol–water partition coefficient (Wildman–Crippen LogP) is 4.07. The van der Waals surface area contributed by atoms with Gasteiger partial charge in [0.25, 0.3) is 0 Å². The maximum atomic E-state index is 11.7. The van der Waals surface area contributed by atoms with Crippen molar-refractivity contribution in [2.24, 2.45) is 0 Å². The Morgan fingerprint density at radius 3 is 2.61 bits per heavy atom. The molecule has 3 aromatic heterocycles. The lowest BCUT2D eigenvalue weighted by Crippen LogP contribution is -2.37. The largest absolute Gasteiger partial charge is 0.386 e. The van der Waals surface area contributed by atoms with E-state index in [4.69, 9.17) is 0 Å². The Balaban J connectivity index is 1.47. The smallest absolute Gasteiger partial charge is 0.315 e. The first-order valence-corrected chi connectivity index (χ1v) is 9.65. The van der Waals surface area contributed by atoms with Gasteiger partial charge in [-0.2, -0.15) is 0 Å². The van der Waals surface area contributed by atoms with Crippen molar-refractivity contribution in [3.63, 3.8) is 0 Å². The Morgan fingerprint density at radius 2 is 1.87 bits per heavy atom. The van der Waals surface area contributed by atoms with Crippen molar-refractivity contribution in [3.8, 4) is 9.75 Å². The second-order valence-electron chi connectivity index (χ2n) is 4.84. The number of thiophene rings is 3. The summed E-state index contributed by atoms with van der Waals surface area (Å²) in [5.74, 6) is 0. The first kappa shape index (κ1) is 16.2. The summed E-state index contributed by atoms with van der Waals surface area (Å²) in [5.41, 5.74) is 0. The third-order valence-corrected chi connectivity index (χ3v) is 6.31. The van der Waals surface area contributed by atoms with Crippen LogP contribution in [0.1, 0.15) is 15.9 Å². The van der Waals surface area contributed by atoms with Crippen LogP contribution in [0.2, 0.25) is 0 Å². The summed E-state index contributed by atoms with van der Waals surface area (Å²) in [5, 5.41) is 19.7. The lowest BCUT2D eigenvalue weighted by atomic mass is 10.3. The van der Waals surface area contributed by atoms with Crippen molar-refractivity contribution < 1.29 is 9.90 Å². The van der Waals surface area contributed by atoms with Gasteiger partial charge in [-0.3, -0.25) is 0 Å². The Hall–Kier alpha value is -1.67. The van der Waals surface area contributed by atoms with E-state index in [0.29, 0.717) is 6.54 Å². The molecular formula is C16H16N2O2S3. The lowest BCUT2D eigenvalue weighted by Gasteiger charge is -2.11. The van der Waals surface area contributed by atoms with E-state index in [1.165, 1.54) is 4.88 Å². The normalized spacial score (nSPS) is 12.0. The van der Waals surface area contributed by atoms with Crippen LogP contribution in [0.15, 0.2) is 47.2 Å². The zero-order valence-corrected chi connectivity index (χ0v) is 14.6. The zero-order valence-electron chi connectivity index (χ0n) is 12.2. The Morgan fingerprint density at radius 1 is 1.04 bits per heavy atom. The number of hydrogen-bond acceptors (Lipinski definition) is 5. The molecule has 0 aliphatic heterocycles. The highest BCUT2D eigenvalue weighted by atomic mass is 32.1. The Kier molecular flexibility index (Phi) is 5.45. The maximum Gasteiger partial charge on any atom is 0.315 e. The van der Waals surface area contributed by atoms with Crippen LogP contribution in [0, 0.1) is 0 Å². The fraction of sp³-hybridized carbons (Fsp3) is 0.188. The van der Waals surface area contributed by atoms with Gasteiger partial charge in [-0.25, -0.2) is 4.79 Å². The van der Waals surface area contributed by atoms with Gasteiger partial charge in [-0.05, 0) is 35.0 Å². The van der Waals surface area contributed by atoms with Crippen molar-refractivity contribution in [1.29, 1.82) is 0 Å². The number of rotatable bonds is 6. The van der Waals surface area contributed by atoms with E-state index in [0.717, 1.165) is 14.6 Å². The molecule has 1 atom stereocenters. The van der Waals surface area contributed by atoms with Crippen molar-refractivity contribution in [3.05, 3.63) is 56.9 Å². The standard InChI is InChI=1S/C16H16N2O2S3/c19-12(10-18-16(20)17-9-11-3-1-7-21-11)13-5-6-15(23-13)14-4-2-8-22-14/h1-8,12,19H,9-10H2,(H2,17,18,20)/t12-/m1/s1. The molecule has 7 heteroatoms. The molecule has 0 saturated carbocycles. The predicted molar refractivity (Wildman–Crippen MR) is 97.1 cm³/mol. The molecule has 0 radical (unpaired) electrons. The molecule has 4 nitrogen and oxygen atoms in total. The van der Waals surface area contributed by atoms with E-state index in [9.17, 15) is 9.90 Å². The SMILES string of the molecule is O=C(NCc1cccs1)NC[C@@H](O)c1ccc(-c2cccs2)s1. The van der Waals surface area contributed by atoms with Gasteiger partial charge in [-0.15, -0.1) is 34.0 Å². The quantitative estimate of drug-likeness (QED) is 0.617. The van der Waals surface area contributed by atoms with Crippen LogP contribution in [0.3, 0.4) is 0 Å². The van der Waals surface area contributed by atoms with E-state index in [1.54, 1.807) is 34.0 Å². The van der Waals surface area contributed by atoms with Crippen molar-refractivity contribution in [2.75, 3.05) is 6.54 Å². The van der Waals surface area contributed by atoms with Crippen LogP contribution < -0.4 is 10.6 Å². The minimum atomic E-state index is -0.693. The average molecular weight is 365 g/mol. The molecule has 0 spiro atoms. The highest BCUT2D eigenvalue weighted by Crippen LogP contribution is 2.33. The number of nitrogens with one attached hydrogen (secondary N) is 2. The fourth-order valence-electron chi connectivity index (χ4n) is 2.02. The third-order valence-electron chi connectivity index (χ3n) is 3.18. The monoisotopic (exact) mass is 364 g/mol. The molecule has 0 bridgehead atoms. The molecular weight excluding hydrogens is 348 g/mol. The minimum absolute atomic E-state index is 0.195. The number of hydrogen-bond donors (Lipinski definition) is 3. The van der Waals surface area contributed by atoms with E-state index in [2.05, 4.69) is 16.7 Å². The molecule has 0 saturated heterocycles. The number of aliphatic hydroxyl groups is 1. The van der Waals surface area contributed by atoms with Crippen LogP contribution in [0.25, 0.3) is 9.75 Å². The third kappa shape index (κ3) is 4.42. The van der Waals surface area contributed by atoms with Gasteiger partial charge >= 0.3 is 6.03 Å². The molecule has 0 fully saturated rings. The lowest BCUT2D eigenvalue weighted by molar-refractivity contribution is 0.176. The van der Waals surface area contributed by atoms with E-state index < -0.39 is 6.10 Å². The molecule has 2 amide bonds. The molecule has 3 rings (SSSR count). The molecule has 120 valence electrons. The summed E-state index contributed by atoms with van der Waals surface area (Å²) >= 11 is 4.83. The van der Waals surface area contributed by atoms with Crippen LogP contribution >= 0.6 is 34.0 Å².